The van der Waals surface area contributed by atoms with Crippen molar-refractivity contribution in [1.29, 1.82) is 0 Å². The third-order valence-electron chi connectivity index (χ3n) is 14.7. The Kier molecular flexibility index (Phi) is 19.2. The standard InChI is InChI=1S/C50H80N4O16/c1-16-36-50(10)42(69-47(59)70-50)31(6)54(13)26-27(2)24-48(8,60)41(67-45-39(56)34(53(11)12)23-28(3)63-45)29(4)40(30(5)44(57)65-36)66-38-25-49(9,62-15)43(32(7)64-38)68-46(58)52-51-37(55)22-21-33-19-17-18-20-35(33)61-14/h17-22,27-32,34,36,38-43,45,56,60H,16,23-26H2,1-15H3,(H,51,55)(H,52,58)/b22-21+/t27-,28-,29+,30-,31-,32-,34+,36+,38-,39-,40+,41-,42-,43-,45+,48-,49+,50-/m0/s1. The first kappa shape index (κ1) is 56.8. The second kappa shape index (κ2) is 23.6. The summed E-state index contributed by atoms with van der Waals surface area (Å²) in [5.41, 5.74) is 0.973. The van der Waals surface area contributed by atoms with E-state index < -0.39 is 114 Å². The number of carbonyl (C=O) groups is 4. The quantitative estimate of drug-likeness (QED) is 0.103. The van der Waals surface area contributed by atoms with E-state index in [4.69, 9.17) is 47.4 Å². The molecule has 70 heavy (non-hydrogen) atoms. The van der Waals surface area contributed by atoms with Crippen molar-refractivity contribution in [2.45, 2.75) is 185 Å². The molecule has 5 rings (SSSR count). The molecule has 2 amide bonds. The molecule has 0 saturated carbocycles. The van der Waals surface area contributed by atoms with Gasteiger partial charge in [0.2, 0.25) is 0 Å². The van der Waals surface area contributed by atoms with Gasteiger partial charge in [0.15, 0.2) is 30.4 Å². The van der Waals surface area contributed by atoms with Crippen LogP contribution in [-0.4, -0.2) is 176 Å². The number of aliphatic hydroxyl groups is 2. The first-order valence-corrected chi connectivity index (χ1v) is 24.4. The van der Waals surface area contributed by atoms with E-state index in [1.165, 1.54) is 26.4 Å². The zero-order valence-corrected chi connectivity index (χ0v) is 43.7. The molecule has 0 aliphatic carbocycles. The lowest BCUT2D eigenvalue weighted by Gasteiger charge is -2.49. The van der Waals surface area contributed by atoms with E-state index in [2.05, 4.69) is 10.9 Å². The molecule has 4 N–H and O–H groups in total. The summed E-state index contributed by atoms with van der Waals surface area (Å²) >= 11 is 0. The van der Waals surface area contributed by atoms with Gasteiger partial charge < -0.3 is 62.5 Å². The monoisotopic (exact) mass is 993 g/mol. The number of amides is 2. The van der Waals surface area contributed by atoms with Gasteiger partial charge >= 0.3 is 18.2 Å². The number of nitrogens with zero attached hydrogens (tertiary/aromatic N) is 2. The van der Waals surface area contributed by atoms with Crippen molar-refractivity contribution in [1.82, 2.24) is 20.7 Å². The third kappa shape index (κ3) is 13.1. The van der Waals surface area contributed by atoms with E-state index in [1.807, 2.05) is 58.6 Å². The summed E-state index contributed by atoms with van der Waals surface area (Å²) < 4.78 is 61.6. The summed E-state index contributed by atoms with van der Waals surface area (Å²) in [6.07, 6.45) is -7.73. The van der Waals surface area contributed by atoms with E-state index in [-0.39, 0.29) is 37.3 Å². The summed E-state index contributed by atoms with van der Waals surface area (Å²) in [5, 5.41) is 24.5. The molecule has 0 aromatic heterocycles. The Balaban J connectivity index is 1.46. The van der Waals surface area contributed by atoms with Crippen molar-refractivity contribution < 1.29 is 76.8 Å². The highest BCUT2D eigenvalue weighted by molar-refractivity contribution is 5.92. The zero-order valence-electron chi connectivity index (χ0n) is 43.7. The molecule has 1 aromatic carbocycles. The molecule has 0 radical (unpaired) electrons. The number of rotatable bonds is 11. The number of hydrogen-bond donors (Lipinski definition) is 4. The Morgan fingerprint density at radius 2 is 1.64 bits per heavy atom. The number of hydrazine groups is 1. The Hall–Kier alpha value is -4.12. The van der Waals surface area contributed by atoms with Gasteiger partial charge in [-0.25, -0.2) is 15.0 Å². The van der Waals surface area contributed by atoms with E-state index >= 15 is 0 Å². The van der Waals surface area contributed by atoms with Gasteiger partial charge in [-0.2, -0.15) is 0 Å². The van der Waals surface area contributed by atoms with Crippen LogP contribution in [0.3, 0.4) is 0 Å². The van der Waals surface area contributed by atoms with Gasteiger partial charge in [0.25, 0.3) is 5.91 Å². The largest absolute Gasteiger partial charge is 0.509 e. The van der Waals surface area contributed by atoms with E-state index in [9.17, 15) is 29.4 Å². The van der Waals surface area contributed by atoms with Crippen LogP contribution in [0.1, 0.15) is 100 Å². The van der Waals surface area contributed by atoms with Crippen LogP contribution < -0.4 is 15.6 Å². The Morgan fingerprint density at radius 3 is 2.29 bits per heavy atom. The molecule has 4 saturated heterocycles. The molecule has 4 aliphatic rings. The fourth-order valence-corrected chi connectivity index (χ4v) is 10.8. The number of nitrogens with one attached hydrogen (secondary N) is 2. The molecule has 20 nitrogen and oxygen atoms in total. The Labute approximate surface area is 413 Å². The van der Waals surface area contributed by atoms with Crippen LogP contribution in [-0.2, 0) is 52.2 Å². The number of fused-ring (bicyclic) bond motifs is 1. The molecule has 0 spiro atoms. The maximum absolute atomic E-state index is 14.7. The highest BCUT2D eigenvalue weighted by Gasteiger charge is 2.58. The van der Waals surface area contributed by atoms with Crippen molar-refractivity contribution in [2.75, 3.05) is 41.9 Å². The molecule has 20 heteroatoms. The summed E-state index contributed by atoms with van der Waals surface area (Å²) in [6, 6.07) is 6.39. The predicted molar refractivity (Wildman–Crippen MR) is 255 cm³/mol. The first-order chi connectivity index (χ1) is 32.8. The molecule has 0 unspecified atom stereocenters. The van der Waals surface area contributed by atoms with Crippen LogP contribution >= 0.6 is 0 Å². The number of likely N-dealkylation sites (N-methyl/N-ethyl adjacent to an activating group) is 2. The lowest BCUT2D eigenvalue weighted by Crippen LogP contribution is -2.61. The number of ether oxygens (including phenoxy) is 10. The molecule has 18 atom stereocenters. The number of benzene rings is 1. The smallest absolute Gasteiger partial charge is 0.496 e. The highest BCUT2D eigenvalue weighted by Crippen LogP contribution is 2.42. The molecule has 4 aliphatic heterocycles. The number of cyclic esters (lactones) is 1. The van der Waals surface area contributed by atoms with Crippen molar-refractivity contribution in [3.05, 3.63) is 35.9 Å². The number of carbonyl (C=O) groups excluding carboxylic acids is 4. The van der Waals surface area contributed by atoms with E-state index in [0.29, 0.717) is 24.3 Å². The van der Waals surface area contributed by atoms with E-state index in [0.717, 1.165) is 0 Å². The number of aliphatic hydroxyl groups excluding tert-OH is 1. The minimum Gasteiger partial charge on any atom is -0.496 e. The SMILES string of the molecule is CC[C@H]1OC(=O)[C@@H](C)[C@H](O[C@H]2C[C@@](C)(OC)[C@@H](OC(=O)NNC(=O)/C=C/c3ccccc3OC)[C@H](C)O2)[C@@H](C)[C@H](O[C@H]2O[C@@H](C)C[C@@H](N(C)C)[C@@H]2O)[C@@](C)(O)C[C@H](C)CN(C)[C@@H](C)[C@@H]2OC(=O)O[C@@]12C. The van der Waals surface area contributed by atoms with Gasteiger partial charge in [-0.15, -0.1) is 0 Å². The minimum atomic E-state index is -1.64. The van der Waals surface area contributed by atoms with Gasteiger partial charge in [-0.05, 0) is 107 Å². The van der Waals surface area contributed by atoms with Crippen LogP contribution in [0, 0.1) is 17.8 Å². The van der Waals surface area contributed by atoms with Crippen molar-refractivity contribution >= 4 is 30.2 Å². The fraction of sp³-hybridized carbons (Fsp3) is 0.760. The van der Waals surface area contributed by atoms with Gasteiger partial charge in [-0.3, -0.25) is 19.9 Å². The van der Waals surface area contributed by atoms with Gasteiger partial charge in [0.1, 0.15) is 23.6 Å². The van der Waals surface area contributed by atoms with E-state index in [1.54, 1.807) is 65.8 Å². The van der Waals surface area contributed by atoms with Crippen LogP contribution in [0.5, 0.6) is 5.75 Å². The highest BCUT2D eigenvalue weighted by atomic mass is 16.8. The molecular formula is C50H80N4O16. The predicted octanol–water partition coefficient (Wildman–Crippen LogP) is 4.57. The number of methoxy groups -OCH3 is 2. The average Bonchev–Trinajstić information content (AvgIpc) is 3.61. The number of hydrogen-bond acceptors (Lipinski definition) is 18. The Morgan fingerprint density at radius 1 is 0.957 bits per heavy atom. The van der Waals surface area contributed by atoms with Crippen LogP contribution in [0.15, 0.2) is 30.3 Å². The summed E-state index contributed by atoms with van der Waals surface area (Å²) in [5.74, 6) is -2.88. The molecule has 4 fully saturated rings. The molecule has 4 heterocycles. The topological polar surface area (TPSA) is 232 Å². The van der Waals surface area contributed by atoms with Crippen LogP contribution in [0.4, 0.5) is 9.59 Å². The third-order valence-corrected chi connectivity index (χ3v) is 14.7. The zero-order chi connectivity index (χ0) is 52.0. The normalized spacial score (nSPS) is 40.2. The molecule has 0 bridgehead atoms. The van der Waals surface area contributed by atoms with Gasteiger partial charge in [0, 0.05) is 49.7 Å². The maximum Gasteiger partial charge on any atom is 0.509 e. The summed E-state index contributed by atoms with van der Waals surface area (Å²) in [6.45, 7) is 18.3. The molecule has 396 valence electrons. The van der Waals surface area contributed by atoms with Gasteiger partial charge in [-0.1, -0.05) is 39.0 Å². The molecular weight excluding hydrogens is 913 g/mol. The van der Waals surface area contributed by atoms with Crippen molar-refractivity contribution in [3.63, 3.8) is 0 Å². The van der Waals surface area contributed by atoms with Crippen molar-refractivity contribution in [2.24, 2.45) is 17.8 Å². The van der Waals surface area contributed by atoms with Crippen LogP contribution in [0.25, 0.3) is 6.08 Å². The second-order valence-electron chi connectivity index (χ2n) is 20.6. The average molecular weight is 993 g/mol. The second-order valence-corrected chi connectivity index (χ2v) is 20.6. The van der Waals surface area contributed by atoms with Crippen LogP contribution in [0.2, 0.25) is 0 Å². The first-order valence-electron chi connectivity index (χ1n) is 24.4. The van der Waals surface area contributed by atoms with Gasteiger partial charge in [0.05, 0.1) is 43.0 Å². The minimum absolute atomic E-state index is 0.0228. The summed E-state index contributed by atoms with van der Waals surface area (Å²) in [7, 11) is 8.61. The maximum atomic E-state index is 14.7. The number of para-hydroxylation sites is 1. The number of esters is 1. The Bertz CT molecular complexity index is 1970. The van der Waals surface area contributed by atoms with Crippen molar-refractivity contribution in [3.8, 4) is 5.75 Å². The fourth-order valence-electron chi connectivity index (χ4n) is 10.8. The summed E-state index contributed by atoms with van der Waals surface area (Å²) in [4.78, 5) is 57.4. The lowest BCUT2D eigenvalue weighted by atomic mass is 9.77. The lowest BCUT2D eigenvalue weighted by molar-refractivity contribution is -0.317. The molecule has 1 aromatic rings.